The van der Waals surface area contributed by atoms with E-state index in [9.17, 15) is 14.4 Å². The highest BCUT2D eigenvalue weighted by molar-refractivity contribution is 6.35. The summed E-state index contributed by atoms with van der Waals surface area (Å²) in [7, 11) is 3.30. The average molecular weight is 426 g/mol. The van der Waals surface area contributed by atoms with E-state index < -0.39 is 11.6 Å². The van der Waals surface area contributed by atoms with Crippen molar-refractivity contribution in [2.45, 2.75) is 50.6 Å². The van der Waals surface area contributed by atoms with Crippen molar-refractivity contribution in [3.8, 4) is 0 Å². The number of halogens is 2. The molecule has 0 bridgehead atoms. The van der Waals surface area contributed by atoms with Crippen LogP contribution in [-0.2, 0) is 9.59 Å². The number of carbonyl (C=O) groups excluding carboxylic acids is 3. The fourth-order valence-electron chi connectivity index (χ4n) is 4.18. The van der Waals surface area contributed by atoms with Gasteiger partial charge in [0.25, 0.3) is 5.91 Å². The molecule has 1 aliphatic heterocycles. The first-order valence-electron chi connectivity index (χ1n) is 9.49. The second-order valence-corrected chi connectivity index (χ2v) is 8.52. The summed E-state index contributed by atoms with van der Waals surface area (Å²) in [6.45, 7) is 1.57. The summed E-state index contributed by atoms with van der Waals surface area (Å²) in [5.74, 6) is -0.569. The van der Waals surface area contributed by atoms with Crippen LogP contribution >= 0.6 is 23.2 Å². The van der Waals surface area contributed by atoms with E-state index in [2.05, 4.69) is 0 Å². The zero-order valence-electron chi connectivity index (χ0n) is 16.4. The van der Waals surface area contributed by atoms with Gasteiger partial charge in [-0.25, -0.2) is 4.79 Å². The monoisotopic (exact) mass is 425 g/mol. The van der Waals surface area contributed by atoms with Gasteiger partial charge >= 0.3 is 6.03 Å². The van der Waals surface area contributed by atoms with Crippen molar-refractivity contribution >= 4 is 41.0 Å². The van der Waals surface area contributed by atoms with Gasteiger partial charge in [-0.2, -0.15) is 0 Å². The Labute approximate surface area is 175 Å². The number of hydrogen-bond acceptors (Lipinski definition) is 3. The van der Waals surface area contributed by atoms with E-state index in [-0.39, 0.29) is 24.4 Å². The summed E-state index contributed by atoms with van der Waals surface area (Å²) in [6, 6.07) is 4.39. The smallest absolute Gasteiger partial charge is 0.327 e. The molecule has 1 saturated carbocycles. The average Bonchev–Trinajstić information content (AvgIpc) is 2.84. The Hall–Kier alpha value is -1.79. The number of hydrogen-bond donors (Lipinski definition) is 0. The van der Waals surface area contributed by atoms with Crippen molar-refractivity contribution in [3.63, 3.8) is 0 Å². The maximum absolute atomic E-state index is 13.0. The number of imide groups is 1. The molecule has 1 saturated heterocycles. The molecular formula is C20H25Cl2N3O3. The van der Waals surface area contributed by atoms with Crippen LogP contribution < -0.4 is 0 Å². The highest BCUT2D eigenvalue weighted by Crippen LogP contribution is 2.39. The van der Waals surface area contributed by atoms with Gasteiger partial charge in [-0.1, -0.05) is 48.5 Å². The van der Waals surface area contributed by atoms with Gasteiger partial charge in [0.05, 0.1) is 6.04 Å². The van der Waals surface area contributed by atoms with Gasteiger partial charge in [0.2, 0.25) is 5.91 Å². The lowest BCUT2D eigenvalue weighted by atomic mass is 9.81. The first-order valence-corrected chi connectivity index (χ1v) is 10.2. The fourth-order valence-corrected chi connectivity index (χ4v) is 4.75. The summed E-state index contributed by atoms with van der Waals surface area (Å²) in [4.78, 5) is 42.7. The number of urea groups is 1. The van der Waals surface area contributed by atoms with E-state index in [1.165, 1.54) is 9.80 Å². The summed E-state index contributed by atoms with van der Waals surface area (Å²) >= 11 is 12.2. The molecule has 1 unspecified atom stereocenters. The normalized spacial score (nSPS) is 20.0. The van der Waals surface area contributed by atoms with E-state index >= 15 is 0 Å². The van der Waals surface area contributed by atoms with Crippen molar-refractivity contribution in [1.82, 2.24) is 14.7 Å². The van der Waals surface area contributed by atoms with Gasteiger partial charge in [-0.3, -0.25) is 14.5 Å². The SMILES string of the molecule is CC(c1ccc(Cl)cc1Cl)N(C)C(=O)CN1C(=O)N(C)C2(CCCCC2)C1=O. The molecular weight excluding hydrogens is 401 g/mol. The first kappa shape index (κ1) is 20.9. The predicted molar refractivity (Wildman–Crippen MR) is 108 cm³/mol. The number of rotatable bonds is 4. The van der Waals surface area contributed by atoms with Gasteiger partial charge in [-0.05, 0) is 37.5 Å². The van der Waals surface area contributed by atoms with Crippen LogP contribution in [-0.4, -0.2) is 58.7 Å². The predicted octanol–water partition coefficient (Wildman–Crippen LogP) is 4.11. The largest absolute Gasteiger partial charge is 0.337 e. The summed E-state index contributed by atoms with van der Waals surface area (Å²) in [5, 5.41) is 0.984. The van der Waals surface area contributed by atoms with Crippen molar-refractivity contribution in [2.24, 2.45) is 0 Å². The van der Waals surface area contributed by atoms with Crippen LogP contribution in [0.15, 0.2) is 18.2 Å². The fraction of sp³-hybridized carbons (Fsp3) is 0.550. The summed E-state index contributed by atoms with van der Waals surface area (Å²) < 4.78 is 0. The number of carbonyl (C=O) groups is 3. The molecule has 6 nitrogen and oxygen atoms in total. The van der Waals surface area contributed by atoms with Crippen LogP contribution in [0.1, 0.15) is 50.6 Å². The molecule has 8 heteroatoms. The molecule has 0 aromatic heterocycles. The van der Waals surface area contributed by atoms with Gasteiger partial charge in [0.1, 0.15) is 12.1 Å². The molecule has 1 aromatic rings. The van der Waals surface area contributed by atoms with Crippen LogP contribution in [0.25, 0.3) is 0 Å². The van der Waals surface area contributed by atoms with Crippen LogP contribution in [0.3, 0.4) is 0 Å². The minimum absolute atomic E-state index is 0.251. The molecule has 1 heterocycles. The number of nitrogens with zero attached hydrogens (tertiary/aromatic N) is 3. The molecule has 1 aliphatic carbocycles. The minimum Gasteiger partial charge on any atom is -0.337 e. The molecule has 2 fully saturated rings. The van der Waals surface area contributed by atoms with Crippen LogP contribution in [0.5, 0.6) is 0 Å². The van der Waals surface area contributed by atoms with Crippen LogP contribution in [0.2, 0.25) is 10.0 Å². The second-order valence-electron chi connectivity index (χ2n) is 7.67. The zero-order valence-corrected chi connectivity index (χ0v) is 17.9. The highest BCUT2D eigenvalue weighted by atomic mass is 35.5. The molecule has 0 N–H and O–H groups in total. The lowest BCUT2D eigenvalue weighted by Crippen LogP contribution is -2.49. The topological polar surface area (TPSA) is 60.9 Å². The van der Waals surface area contributed by atoms with E-state index in [1.54, 1.807) is 32.3 Å². The number of likely N-dealkylation sites (N-methyl/N-ethyl adjacent to an activating group) is 2. The Morgan fingerprint density at radius 1 is 1.21 bits per heavy atom. The van der Waals surface area contributed by atoms with Crippen molar-refractivity contribution < 1.29 is 14.4 Å². The molecule has 2 aliphatic rings. The quantitative estimate of drug-likeness (QED) is 0.681. The van der Waals surface area contributed by atoms with E-state index in [0.717, 1.165) is 29.7 Å². The minimum atomic E-state index is -0.778. The molecule has 1 atom stereocenters. The molecule has 28 heavy (non-hydrogen) atoms. The lowest BCUT2D eigenvalue weighted by molar-refractivity contribution is -0.140. The maximum atomic E-state index is 13.0. The van der Waals surface area contributed by atoms with Gasteiger partial charge in [0.15, 0.2) is 0 Å². The molecule has 4 amide bonds. The van der Waals surface area contributed by atoms with Crippen LogP contribution in [0.4, 0.5) is 4.79 Å². The summed E-state index contributed by atoms with van der Waals surface area (Å²) in [6.07, 6.45) is 4.21. The lowest BCUT2D eigenvalue weighted by Gasteiger charge is -2.35. The van der Waals surface area contributed by atoms with Crippen LogP contribution in [0, 0.1) is 0 Å². The Kier molecular flexibility index (Phi) is 5.92. The van der Waals surface area contributed by atoms with Crippen molar-refractivity contribution in [1.29, 1.82) is 0 Å². The van der Waals surface area contributed by atoms with Gasteiger partial charge in [-0.15, -0.1) is 0 Å². The maximum Gasteiger partial charge on any atom is 0.327 e. The summed E-state index contributed by atoms with van der Waals surface area (Å²) in [5.41, 5.74) is -0.0268. The van der Waals surface area contributed by atoms with E-state index in [0.29, 0.717) is 22.9 Å². The van der Waals surface area contributed by atoms with Gasteiger partial charge in [0, 0.05) is 24.1 Å². The third-order valence-corrected chi connectivity index (χ3v) is 6.73. The Bertz CT molecular complexity index is 808. The molecule has 152 valence electrons. The molecule has 0 radical (unpaired) electrons. The Balaban J connectivity index is 1.74. The second kappa shape index (κ2) is 7.91. The Morgan fingerprint density at radius 3 is 2.46 bits per heavy atom. The van der Waals surface area contributed by atoms with E-state index in [4.69, 9.17) is 23.2 Å². The molecule has 1 spiro atoms. The highest BCUT2D eigenvalue weighted by Gasteiger charge is 2.56. The van der Waals surface area contributed by atoms with E-state index in [1.807, 2.05) is 6.92 Å². The Morgan fingerprint density at radius 2 is 1.86 bits per heavy atom. The number of amides is 4. The standard InChI is InChI=1S/C20H25Cl2N3O3/c1-13(15-8-7-14(21)11-16(15)22)23(2)17(26)12-25-18(27)20(24(3)19(25)28)9-5-4-6-10-20/h7-8,11,13H,4-6,9-10,12H2,1-3H3. The first-order chi connectivity index (χ1) is 13.2. The third kappa shape index (κ3) is 3.48. The van der Waals surface area contributed by atoms with Gasteiger partial charge < -0.3 is 9.80 Å². The zero-order chi connectivity index (χ0) is 20.6. The molecule has 3 rings (SSSR count). The third-order valence-electron chi connectivity index (χ3n) is 6.16. The molecule has 1 aromatic carbocycles. The van der Waals surface area contributed by atoms with Crippen molar-refractivity contribution in [2.75, 3.05) is 20.6 Å². The van der Waals surface area contributed by atoms with Crippen molar-refractivity contribution in [3.05, 3.63) is 33.8 Å². The number of benzene rings is 1.